The maximum Gasteiger partial charge on any atom is 0.119 e. The molecule has 0 aliphatic rings. The summed E-state index contributed by atoms with van der Waals surface area (Å²) in [5, 5.41) is 3.10. The monoisotopic (exact) mass is 165 g/mol. The Hall–Kier alpha value is -1.02. The summed E-state index contributed by atoms with van der Waals surface area (Å²) in [7, 11) is 1.94. The summed E-state index contributed by atoms with van der Waals surface area (Å²) in [5.41, 5.74) is 1.25. The van der Waals surface area contributed by atoms with E-state index in [4.69, 9.17) is 4.74 Å². The van der Waals surface area contributed by atoms with E-state index in [1.807, 2.05) is 26.1 Å². The molecule has 2 heteroatoms. The van der Waals surface area contributed by atoms with Crippen molar-refractivity contribution in [3.63, 3.8) is 0 Å². The van der Waals surface area contributed by atoms with Gasteiger partial charge in [-0.3, -0.25) is 0 Å². The number of nitrogens with one attached hydrogen (secondary N) is 1. The molecule has 1 N–H and O–H groups in total. The zero-order chi connectivity index (χ0) is 8.81. The molecule has 1 rings (SSSR count). The summed E-state index contributed by atoms with van der Waals surface area (Å²) in [6.45, 7) is 3.61. The largest absolute Gasteiger partial charge is 0.494 e. The van der Waals surface area contributed by atoms with Gasteiger partial charge >= 0.3 is 0 Å². The van der Waals surface area contributed by atoms with Crippen LogP contribution < -0.4 is 10.1 Å². The second-order valence-electron chi connectivity index (χ2n) is 2.61. The molecule has 0 fully saturated rings. The van der Waals surface area contributed by atoms with Crippen LogP contribution in [0.3, 0.4) is 0 Å². The summed E-state index contributed by atoms with van der Waals surface area (Å²) < 4.78 is 5.37. The minimum atomic E-state index is 0.725. The third kappa shape index (κ3) is 2.55. The molecule has 0 saturated heterocycles. The number of ether oxygens (including phenoxy) is 1. The van der Waals surface area contributed by atoms with E-state index in [0.29, 0.717) is 0 Å². The molecule has 66 valence electrons. The van der Waals surface area contributed by atoms with Crippen molar-refractivity contribution in [2.75, 3.05) is 13.7 Å². The average molecular weight is 165 g/mol. The summed E-state index contributed by atoms with van der Waals surface area (Å²) in [6, 6.07) is 8.12. The van der Waals surface area contributed by atoms with E-state index in [1.54, 1.807) is 0 Å². The molecule has 0 saturated carbocycles. The highest BCUT2D eigenvalue weighted by Crippen LogP contribution is 2.12. The molecule has 2 nitrogen and oxygen atoms in total. The Kier molecular flexibility index (Phi) is 3.61. The lowest BCUT2D eigenvalue weighted by atomic mass is 10.2. The molecule has 0 spiro atoms. The molecule has 0 heterocycles. The van der Waals surface area contributed by atoms with Gasteiger partial charge in [0.15, 0.2) is 0 Å². The fraction of sp³-hybridized carbons (Fsp3) is 0.400. The molecule has 1 aromatic rings. The fourth-order valence-electron chi connectivity index (χ4n) is 1.12. The van der Waals surface area contributed by atoms with Crippen LogP contribution in [0, 0.1) is 0 Å². The van der Waals surface area contributed by atoms with Gasteiger partial charge in [-0.25, -0.2) is 0 Å². The zero-order valence-electron chi connectivity index (χ0n) is 7.63. The highest BCUT2D eigenvalue weighted by atomic mass is 16.5. The van der Waals surface area contributed by atoms with E-state index in [2.05, 4.69) is 17.4 Å². The molecule has 0 aromatic heterocycles. The van der Waals surface area contributed by atoms with E-state index < -0.39 is 0 Å². The van der Waals surface area contributed by atoms with Gasteiger partial charge in [-0.2, -0.15) is 0 Å². The average Bonchev–Trinajstić information content (AvgIpc) is 2.06. The number of rotatable bonds is 4. The van der Waals surface area contributed by atoms with Gasteiger partial charge in [0.1, 0.15) is 5.75 Å². The molecule has 0 unspecified atom stereocenters. The predicted octanol–water partition coefficient (Wildman–Crippen LogP) is 1.80. The van der Waals surface area contributed by atoms with Gasteiger partial charge < -0.3 is 10.1 Å². The van der Waals surface area contributed by atoms with Gasteiger partial charge in [0.2, 0.25) is 0 Å². The predicted molar refractivity (Wildman–Crippen MR) is 50.4 cm³/mol. The Morgan fingerprint density at radius 3 is 2.92 bits per heavy atom. The normalized spacial score (nSPS) is 9.83. The third-order valence-electron chi connectivity index (χ3n) is 1.59. The van der Waals surface area contributed by atoms with Crippen molar-refractivity contribution >= 4 is 0 Å². The maximum atomic E-state index is 5.37. The summed E-state index contributed by atoms with van der Waals surface area (Å²) in [5.74, 6) is 0.949. The van der Waals surface area contributed by atoms with Crippen molar-refractivity contribution in [3.8, 4) is 5.75 Å². The molecule has 0 atom stereocenters. The number of benzene rings is 1. The number of hydrogen-bond acceptors (Lipinski definition) is 2. The second kappa shape index (κ2) is 4.78. The first-order valence-corrected chi connectivity index (χ1v) is 4.23. The zero-order valence-corrected chi connectivity index (χ0v) is 7.63. The Morgan fingerprint density at radius 2 is 2.25 bits per heavy atom. The molecule has 0 amide bonds. The second-order valence-corrected chi connectivity index (χ2v) is 2.61. The van der Waals surface area contributed by atoms with Crippen LogP contribution in [0.5, 0.6) is 5.75 Å². The summed E-state index contributed by atoms with van der Waals surface area (Å²) in [4.78, 5) is 0. The molecule has 0 aliphatic heterocycles. The van der Waals surface area contributed by atoms with Crippen LogP contribution in [0.2, 0.25) is 0 Å². The molecular weight excluding hydrogens is 150 g/mol. The Labute approximate surface area is 73.6 Å². The minimum absolute atomic E-state index is 0.725. The smallest absolute Gasteiger partial charge is 0.119 e. The fourth-order valence-corrected chi connectivity index (χ4v) is 1.12. The summed E-state index contributed by atoms with van der Waals surface area (Å²) in [6.07, 6.45) is 0. The molecule has 0 bridgehead atoms. The Bertz CT molecular complexity index is 214. The lowest BCUT2D eigenvalue weighted by Gasteiger charge is -2.04. The van der Waals surface area contributed by atoms with Gasteiger partial charge in [0.25, 0.3) is 0 Å². The van der Waals surface area contributed by atoms with Crippen LogP contribution in [0.1, 0.15) is 12.5 Å². The highest BCUT2D eigenvalue weighted by molar-refractivity contribution is 5.28. The summed E-state index contributed by atoms with van der Waals surface area (Å²) >= 11 is 0. The maximum absolute atomic E-state index is 5.37. The quantitative estimate of drug-likeness (QED) is 0.734. The third-order valence-corrected chi connectivity index (χ3v) is 1.59. The lowest BCUT2D eigenvalue weighted by molar-refractivity contribution is 0.340. The van der Waals surface area contributed by atoms with E-state index in [9.17, 15) is 0 Å². The molecule has 12 heavy (non-hydrogen) atoms. The van der Waals surface area contributed by atoms with Crippen molar-refractivity contribution < 1.29 is 4.74 Å². The first-order chi connectivity index (χ1) is 5.86. The van der Waals surface area contributed by atoms with Crippen LogP contribution in [-0.2, 0) is 6.54 Å². The van der Waals surface area contributed by atoms with Gasteiger partial charge in [-0.15, -0.1) is 0 Å². The molecule has 0 radical (unpaired) electrons. The van der Waals surface area contributed by atoms with E-state index >= 15 is 0 Å². The molecule has 0 aliphatic carbocycles. The first-order valence-electron chi connectivity index (χ1n) is 4.23. The van der Waals surface area contributed by atoms with Gasteiger partial charge in [0, 0.05) is 6.54 Å². The van der Waals surface area contributed by atoms with Gasteiger partial charge in [-0.05, 0) is 31.7 Å². The van der Waals surface area contributed by atoms with Gasteiger partial charge in [0.05, 0.1) is 6.61 Å². The standard InChI is InChI=1S/C10H15NO/c1-3-12-10-6-4-5-9(7-10)8-11-2/h4-7,11H,3,8H2,1-2H3. The van der Waals surface area contributed by atoms with E-state index in [0.717, 1.165) is 18.9 Å². The van der Waals surface area contributed by atoms with Crippen molar-refractivity contribution in [1.82, 2.24) is 5.32 Å². The Balaban J connectivity index is 2.67. The van der Waals surface area contributed by atoms with Crippen molar-refractivity contribution in [2.45, 2.75) is 13.5 Å². The van der Waals surface area contributed by atoms with Crippen molar-refractivity contribution in [1.29, 1.82) is 0 Å². The van der Waals surface area contributed by atoms with Crippen LogP contribution in [0.15, 0.2) is 24.3 Å². The van der Waals surface area contributed by atoms with Crippen LogP contribution in [0.25, 0.3) is 0 Å². The van der Waals surface area contributed by atoms with E-state index in [1.165, 1.54) is 5.56 Å². The number of hydrogen-bond donors (Lipinski definition) is 1. The lowest BCUT2D eigenvalue weighted by Crippen LogP contribution is -2.05. The highest BCUT2D eigenvalue weighted by Gasteiger charge is 1.93. The van der Waals surface area contributed by atoms with Gasteiger partial charge in [-0.1, -0.05) is 12.1 Å². The van der Waals surface area contributed by atoms with Crippen molar-refractivity contribution in [3.05, 3.63) is 29.8 Å². The first kappa shape index (κ1) is 9.07. The topological polar surface area (TPSA) is 21.3 Å². The van der Waals surface area contributed by atoms with Crippen molar-refractivity contribution in [2.24, 2.45) is 0 Å². The van der Waals surface area contributed by atoms with Crippen LogP contribution >= 0.6 is 0 Å². The SMILES string of the molecule is CCOc1cccc(CNC)c1. The van der Waals surface area contributed by atoms with Crippen LogP contribution in [0.4, 0.5) is 0 Å². The van der Waals surface area contributed by atoms with Crippen LogP contribution in [-0.4, -0.2) is 13.7 Å². The van der Waals surface area contributed by atoms with E-state index in [-0.39, 0.29) is 0 Å². The Morgan fingerprint density at radius 1 is 1.42 bits per heavy atom. The minimum Gasteiger partial charge on any atom is -0.494 e. The molecule has 1 aromatic carbocycles. The molecular formula is C10H15NO.